The molecular weight excluding hydrogens is 402 g/mol. The molecule has 0 aromatic heterocycles. The molecule has 0 saturated carbocycles. The first-order valence-corrected chi connectivity index (χ1v) is 10.1. The van der Waals surface area contributed by atoms with E-state index < -0.39 is 6.10 Å². The molecular formula is C24H26ClNO4. The maximum absolute atomic E-state index is 10.2. The molecule has 0 spiro atoms. The summed E-state index contributed by atoms with van der Waals surface area (Å²) in [5.41, 5.74) is 3.09. The molecule has 3 rings (SSSR count). The molecule has 0 heterocycles. The fourth-order valence-corrected chi connectivity index (χ4v) is 3.22. The number of methoxy groups -OCH3 is 2. The highest BCUT2D eigenvalue weighted by Crippen LogP contribution is 2.25. The molecule has 0 aliphatic heterocycles. The molecule has 0 aliphatic rings. The number of hydrogen-bond donors (Lipinski definition) is 2. The van der Waals surface area contributed by atoms with E-state index in [0.29, 0.717) is 23.9 Å². The van der Waals surface area contributed by atoms with Crippen molar-refractivity contribution in [3.63, 3.8) is 0 Å². The van der Waals surface area contributed by atoms with E-state index >= 15 is 0 Å². The first kappa shape index (κ1) is 22.0. The van der Waals surface area contributed by atoms with Crippen LogP contribution in [0.5, 0.6) is 17.2 Å². The number of aliphatic hydroxyl groups excluding tert-OH is 1. The van der Waals surface area contributed by atoms with E-state index in [1.165, 1.54) is 0 Å². The number of ether oxygens (including phenoxy) is 3. The van der Waals surface area contributed by atoms with E-state index in [1.54, 1.807) is 14.2 Å². The lowest BCUT2D eigenvalue weighted by atomic mass is 10.1. The highest BCUT2D eigenvalue weighted by Gasteiger charge is 2.08. The molecule has 1 unspecified atom stereocenters. The lowest BCUT2D eigenvalue weighted by molar-refractivity contribution is 0.106. The SMILES string of the molecule is COc1ccc(CNCC(O)COc2ccc(-c3cccc(Cl)c3)cc2)c(OC)c1. The Morgan fingerprint density at radius 2 is 1.67 bits per heavy atom. The third-order valence-corrected chi connectivity index (χ3v) is 4.88. The lowest BCUT2D eigenvalue weighted by Crippen LogP contribution is -2.31. The number of rotatable bonds is 10. The molecule has 0 aliphatic carbocycles. The largest absolute Gasteiger partial charge is 0.497 e. The van der Waals surface area contributed by atoms with Gasteiger partial charge >= 0.3 is 0 Å². The first-order chi connectivity index (χ1) is 14.6. The first-order valence-electron chi connectivity index (χ1n) is 9.67. The van der Waals surface area contributed by atoms with Crippen molar-refractivity contribution in [2.45, 2.75) is 12.6 Å². The quantitative estimate of drug-likeness (QED) is 0.497. The van der Waals surface area contributed by atoms with Crippen molar-refractivity contribution < 1.29 is 19.3 Å². The molecule has 0 amide bonds. The van der Waals surface area contributed by atoms with E-state index in [1.807, 2.05) is 66.7 Å². The Balaban J connectivity index is 1.45. The number of halogens is 1. The minimum atomic E-state index is -0.637. The van der Waals surface area contributed by atoms with Gasteiger partial charge in [-0.05, 0) is 41.5 Å². The number of aliphatic hydroxyl groups is 1. The Morgan fingerprint density at radius 3 is 2.37 bits per heavy atom. The smallest absolute Gasteiger partial charge is 0.127 e. The minimum Gasteiger partial charge on any atom is -0.497 e. The van der Waals surface area contributed by atoms with Crippen molar-refractivity contribution in [3.05, 3.63) is 77.3 Å². The second-order valence-corrected chi connectivity index (χ2v) is 7.24. The van der Waals surface area contributed by atoms with Gasteiger partial charge in [0.05, 0.1) is 14.2 Å². The zero-order valence-electron chi connectivity index (χ0n) is 17.1. The summed E-state index contributed by atoms with van der Waals surface area (Å²) in [6, 6.07) is 21.1. The van der Waals surface area contributed by atoms with Gasteiger partial charge < -0.3 is 24.6 Å². The summed E-state index contributed by atoms with van der Waals surface area (Å²) in [7, 11) is 3.24. The zero-order chi connectivity index (χ0) is 21.3. The summed E-state index contributed by atoms with van der Waals surface area (Å²) in [4.78, 5) is 0. The molecule has 1 atom stereocenters. The molecule has 3 aromatic rings. The van der Waals surface area contributed by atoms with Gasteiger partial charge in [0, 0.05) is 29.7 Å². The van der Waals surface area contributed by atoms with Crippen LogP contribution in [0.1, 0.15) is 5.56 Å². The lowest BCUT2D eigenvalue weighted by Gasteiger charge is -2.15. The van der Waals surface area contributed by atoms with Crippen molar-refractivity contribution in [1.29, 1.82) is 0 Å². The Bertz CT molecular complexity index is 946. The van der Waals surface area contributed by atoms with Crippen LogP contribution < -0.4 is 19.5 Å². The monoisotopic (exact) mass is 427 g/mol. The predicted molar refractivity (Wildman–Crippen MR) is 120 cm³/mol. The van der Waals surface area contributed by atoms with Crippen LogP contribution in [0.4, 0.5) is 0 Å². The van der Waals surface area contributed by atoms with Gasteiger partial charge in [-0.3, -0.25) is 0 Å². The van der Waals surface area contributed by atoms with Gasteiger partial charge in [0.25, 0.3) is 0 Å². The average molecular weight is 428 g/mol. The maximum Gasteiger partial charge on any atom is 0.127 e. The molecule has 3 aromatic carbocycles. The molecule has 30 heavy (non-hydrogen) atoms. The van der Waals surface area contributed by atoms with Gasteiger partial charge in [0.15, 0.2) is 0 Å². The van der Waals surface area contributed by atoms with Crippen LogP contribution in [-0.4, -0.2) is 38.6 Å². The Labute approximate surface area is 182 Å². The minimum absolute atomic E-state index is 0.198. The van der Waals surface area contributed by atoms with Crippen LogP contribution in [0, 0.1) is 0 Å². The van der Waals surface area contributed by atoms with Gasteiger partial charge in [0.2, 0.25) is 0 Å². The maximum atomic E-state index is 10.2. The number of benzene rings is 3. The molecule has 5 nitrogen and oxygen atoms in total. The second kappa shape index (κ2) is 10.9. The van der Waals surface area contributed by atoms with Crippen molar-refractivity contribution in [1.82, 2.24) is 5.32 Å². The fourth-order valence-electron chi connectivity index (χ4n) is 3.03. The van der Waals surface area contributed by atoms with E-state index in [0.717, 1.165) is 28.2 Å². The third-order valence-electron chi connectivity index (χ3n) is 4.64. The van der Waals surface area contributed by atoms with Gasteiger partial charge in [-0.15, -0.1) is 0 Å². The third kappa shape index (κ3) is 6.13. The van der Waals surface area contributed by atoms with Crippen molar-refractivity contribution in [2.75, 3.05) is 27.4 Å². The number of nitrogens with one attached hydrogen (secondary N) is 1. The zero-order valence-corrected chi connectivity index (χ0v) is 17.9. The molecule has 2 N–H and O–H groups in total. The molecule has 0 radical (unpaired) electrons. The highest BCUT2D eigenvalue weighted by atomic mass is 35.5. The van der Waals surface area contributed by atoms with Crippen LogP contribution >= 0.6 is 11.6 Å². The molecule has 158 valence electrons. The Hall–Kier alpha value is -2.73. The molecule has 0 bridgehead atoms. The average Bonchev–Trinajstić information content (AvgIpc) is 2.78. The Morgan fingerprint density at radius 1 is 0.900 bits per heavy atom. The summed E-state index contributed by atoms with van der Waals surface area (Å²) >= 11 is 6.05. The van der Waals surface area contributed by atoms with Gasteiger partial charge in [-0.25, -0.2) is 0 Å². The van der Waals surface area contributed by atoms with Crippen molar-refractivity contribution in [2.24, 2.45) is 0 Å². The summed E-state index contributed by atoms with van der Waals surface area (Å²) in [6.45, 7) is 1.16. The van der Waals surface area contributed by atoms with Crippen molar-refractivity contribution >= 4 is 11.6 Å². The molecule has 0 saturated heterocycles. The molecule has 6 heteroatoms. The van der Waals surface area contributed by atoms with Crippen LogP contribution in [0.15, 0.2) is 66.7 Å². The highest BCUT2D eigenvalue weighted by molar-refractivity contribution is 6.30. The predicted octanol–water partition coefficient (Wildman–Crippen LogP) is 4.55. The standard InChI is InChI=1S/C24H26ClNO4/c1-28-23-11-8-19(24(13-23)29-2)14-26-15-21(27)16-30-22-9-6-17(7-10-22)18-4-3-5-20(25)12-18/h3-13,21,26-27H,14-16H2,1-2H3. The van der Waals surface area contributed by atoms with Crippen LogP contribution in [0.3, 0.4) is 0 Å². The summed E-state index contributed by atoms with van der Waals surface area (Å²) in [5, 5.41) is 14.1. The number of hydrogen-bond acceptors (Lipinski definition) is 5. The topological polar surface area (TPSA) is 60.0 Å². The van der Waals surface area contributed by atoms with Gasteiger partial charge in [-0.1, -0.05) is 41.9 Å². The van der Waals surface area contributed by atoms with Crippen LogP contribution in [0.25, 0.3) is 11.1 Å². The van der Waals surface area contributed by atoms with Crippen molar-refractivity contribution in [3.8, 4) is 28.4 Å². The van der Waals surface area contributed by atoms with Crippen LogP contribution in [-0.2, 0) is 6.54 Å². The second-order valence-electron chi connectivity index (χ2n) is 6.81. The van der Waals surface area contributed by atoms with E-state index in [2.05, 4.69) is 5.32 Å². The summed E-state index contributed by atoms with van der Waals surface area (Å²) < 4.78 is 16.3. The van der Waals surface area contributed by atoms with Gasteiger partial charge in [0.1, 0.15) is 30.0 Å². The van der Waals surface area contributed by atoms with Crippen LogP contribution in [0.2, 0.25) is 5.02 Å². The molecule has 0 fully saturated rings. The van der Waals surface area contributed by atoms with E-state index in [4.69, 9.17) is 25.8 Å². The van der Waals surface area contributed by atoms with E-state index in [9.17, 15) is 5.11 Å². The normalized spacial score (nSPS) is 11.7. The van der Waals surface area contributed by atoms with E-state index in [-0.39, 0.29) is 6.61 Å². The Kier molecular flexibility index (Phi) is 7.97. The summed E-state index contributed by atoms with van der Waals surface area (Å²) in [6.07, 6.45) is -0.637. The summed E-state index contributed by atoms with van der Waals surface area (Å²) in [5.74, 6) is 2.19. The van der Waals surface area contributed by atoms with Gasteiger partial charge in [-0.2, -0.15) is 0 Å². The fraction of sp³-hybridized carbons (Fsp3) is 0.250.